The molecule has 0 bridgehead atoms. The number of carbonyl (C=O) groups is 2. The third-order valence-electron chi connectivity index (χ3n) is 6.12. The number of benzene rings is 2. The number of aromatic hydroxyl groups is 1. The summed E-state index contributed by atoms with van der Waals surface area (Å²) in [5.41, 5.74) is 0.674. The van der Waals surface area contributed by atoms with Gasteiger partial charge in [0.1, 0.15) is 17.3 Å². The largest absolute Gasteiger partial charge is 0.507 e. The van der Waals surface area contributed by atoms with Crippen LogP contribution >= 0.6 is 0 Å². The molecule has 2 aliphatic rings. The zero-order valence-electron chi connectivity index (χ0n) is 18.5. The molecule has 2 saturated heterocycles. The average Bonchev–Trinajstić information content (AvgIpc) is 3.06. The molecule has 1 atom stereocenters. The lowest BCUT2D eigenvalue weighted by Gasteiger charge is -2.29. The molecule has 0 aliphatic carbocycles. The summed E-state index contributed by atoms with van der Waals surface area (Å²) >= 11 is 0. The molecule has 0 radical (unpaired) electrons. The maximum atomic E-state index is 14.8. The predicted octanol–water partition coefficient (Wildman–Crippen LogP) is 2.98. The number of ketones is 1. The van der Waals surface area contributed by atoms with E-state index in [0.717, 1.165) is 18.7 Å². The third kappa shape index (κ3) is 4.62. The molecule has 2 aromatic rings. The average molecular weight is 454 g/mol. The highest BCUT2D eigenvalue weighted by Crippen LogP contribution is 2.41. The first-order valence-corrected chi connectivity index (χ1v) is 11.0. The Hall–Kier alpha value is -3.23. The molecule has 2 aromatic carbocycles. The summed E-state index contributed by atoms with van der Waals surface area (Å²) in [5, 5.41) is 21.3. The number of aliphatic hydroxyl groups excluding tert-OH is 1. The monoisotopic (exact) mass is 454 g/mol. The van der Waals surface area contributed by atoms with E-state index in [1.165, 1.54) is 35.2 Å². The molecule has 33 heavy (non-hydrogen) atoms. The molecule has 4 rings (SSSR count). The van der Waals surface area contributed by atoms with Crippen molar-refractivity contribution in [2.45, 2.75) is 19.4 Å². The Morgan fingerprint density at radius 1 is 1.12 bits per heavy atom. The fourth-order valence-electron chi connectivity index (χ4n) is 4.40. The van der Waals surface area contributed by atoms with Gasteiger partial charge in [-0.2, -0.15) is 0 Å². The molecule has 0 aromatic heterocycles. The first kappa shape index (κ1) is 22.9. The summed E-state index contributed by atoms with van der Waals surface area (Å²) < 4.78 is 20.2. The van der Waals surface area contributed by atoms with E-state index in [1.54, 1.807) is 19.1 Å². The lowest BCUT2D eigenvalue weighted by atomic mass is 9.94. The fourth-order valence-corrected chi connectivity index (χ4v) is 4.40. The Balaban J connectivity index is 1.72. The van der Waals surface area contributed by atoms with Crippen molar-refractivity contribution in [3.05, 3.63) is 70.5 Å². The molecule has 1 unspecified atom stereocenters. The van der Waals surface area contributed by atoms with E-state index in [1.807, 2.05) is 0 Å². The molecule has 0 saturated carbocycles. The first-order chi connectivity index (χ1) is 15.9. The van der Waals surface area contributed by atoms with Crippen LogP contribution in [0.3, 0.4) is 0 Å². The summed E-state index contributed by atoms with van der Waals surface area (Å²) in [6, 6.07) is 9.40. The van der Waals surface area contributed by atoms with Gasteiger partial charge < -0.3 is 19.8 Å². The zero-order chi connectivity index (χ0) is 23.5. The van der Waals surface area contributed by atoms with Crippen LogP contribution < -0.4 is 0 Å². The second-order valence-electron chi connectivity index (χ2n) is 8.34. The first-order valence-electron chi connectivity index (χ1n) is 11.0. The third-order valence-corrected chi connectivity index (χ3v) is 6.12. The van der Waals surface area contributed by atoms with Crippen LogP contribution in [0.15, 0.2) is 48.0 Å². The predicted molar refractivity (Wildman–Crippen MR) is 120 cm³/mol. The van der Waals surface area contributed by atoms with E-state index in [9.17, 15) is 24.2 Å². The number of amides is 1. The second kappa shape index (κ2) is 9.72. The number of rotatable bonds is 6. The molecule has 2 heterocycles. The number of hydrogen-bond acceptors (Lipinski definition) is 6. The molecule has 1 amide bonds. The minimum atomic E-state index is -1.09. The van der Waals surface area contributed by atoms with Crippen molar-refractivity contribution in [1.29, 1.82) is 0 Å². The Morgan fingerprint density at radius 3 is 2.58 bits per heavy atom. The van der Waals surface area contributed by atoms with Crippen molar-refractivity contribution in [3.63, 3.8) is 0 Å². The number of Topliss-reactive ketones (excluding diaryl/α,β-unsaturated/α-hetero) is 1. The van der Waals surface area contributed by atoms with Crippen LogP contribution in [-0.4, -0.2) is 71.1 Å². The molecule has 174 valence electrons. The van der Waals surface area contributed by atoms with Gasteiger partial charge in [-0.05, 0) is 31.5 Å². The Bertz CT molecular complexity index is 1090. The number of aliphatic hydroxyl groups is 1. The summed E-state index contributed by atoms with van der Waals surface area (Å²) in [7, 11) is 0. The number of carbonyl (C=O) groups excluding carboxylic acids is 2. The van der Waals surface area contributed by atoms with Gasteiger partial charge in [0, 0.05) is 31.7 Å². The van der Waals surface area contributed by atoms with E-state index in [4.69, 9.17) is 4.74 Å². The van der Waals surface area contributed by atoms with Crippen LogP contribution in [0.2, 0.25) is 0 Å². The molecule has 2 fully saturated rings. The van der Waals surface area contributed by atoms with Crippen molar-refractivity contribution in [3.8, 4) is 5.75 Å². The number of phenolic OH excluding ortho intramolecular Hbond substituents is 1. The number of hydrogen-bond donors (Lipinski definition) is 2. The lowest BCUT2D eigenvalue weighted by molar-refractivity contribution is -0.140. The smallest absolute Gasteiger partial charge is 0.295 e. The highest BCUT2D eigenvalue weighted by atomic mass is 19.1. The minimum Gasteiger partial charge on any atom is -0.507 e. The Kier molecular flexibility index (Phi) is 6.76. The van der Waals surface area contributed by atoms with E-state index in [2.05, 4.69) is 4.90 Å². The zero-order valence-corrected chi connectivity index (χ0v) is 18.5. The summed E-state index contributed by atoms with van der Waals surface area (Å²) in [6.07, 6.45) is 0.577. The number of halogens is 1. The highest BCUT2D eigenvalue weighted by molar-refractivity contribution is 6.46. The van der Waals surface area contributed by atoms with E-state index >= 15 is 0 Å². The van der Waals surface area contributed by atoms with Gasteiger partial charge in [0.25, 0.3) is 11.7 Å². The molecule has 8 heteroatoms. The van der Waals surface area contributed by atoms with E-state index < -0.39 is 29.3 Å². The van der Waals surface area contributed by atoms with Crippen molar-refractivity contribution in [2.75, 3.05) is 39.4 Å². The van der Waals surface area contributed by atoms with Gasteiger partial charge in [-0.25, -0.2) is 4.39 Å². The van der Waals surface area contributed by atoms with Gasteiger partial charge in [0.05, 0.1) is 30.4 Å². The molecule has 2 aliphatic heterocycles. The summed E-state index contributed by atoms with van der Waals surface area (Å²) in [5.74, 6) is -3.02. The molecule has 7 nitrogen and oxygen atoms in total. The van der Waals surface area contributed by atoms with Crippen LogP contribution in [-0.2, 0) is 14.3 Å². The van der Waals surface area contributed by atoms with Crippen molar-refractivity contribution in [2.24, 2.45) is 0 Å². The van der Waals surface area contributed by atoms with E-state index in [0.29, 0.717) is 26.2 Å². The van der Waals surface area contributed by atoms with Crippen LogP contribution in [0.4, 0.5) is 4.39 Å². The van der Waals surface area contributed by atoms with Gasteiger partial charge in [-0.3, -0.25) is 14.5 Å². The minimum absolute atomic E-state index is 0.0302. The fraction of sp³-hybridized carbons (Fsp3) is 0.360. The quantitative estimate of drug-likeness (QED) is 0.396. The van der Waals surface area contributed by atoms with Gasteiger partial charge in [-0.1, -0.05) is 29.8 Å². The van der Waals surface area contributed by atoms with Crippen LogP contribution in [0.1, 0.15) is 29.2 Å². The van der Waals surface area contributed by atoms with E-state index in [-0.39, 0.29) is 29.0 Å². The second-order valence-corrected chi connectivity index (χ2v) is 8.34. The molecular formula is C25H27FN2O5. The molecule has 2 N–H and O–H groups in total. The van der Waals surface area contributed by atoms with Crippen molar-refractivity contribution in [1.82, 2.24) is 9.80 Å². The summed E-state index contributed by atoms with van der Waals surface area (Å²) in [4.78, 5) is 29.6. The maximum absolute atomic E-state index is 14.8. The van der Waals surface area contributed by atoms with Crippen LogP contribution in [0.25, 0.3) is 5.76 Å². The SMILES string of the molecule is Cc1ccc(O)c(C(O)=C2C(=O)C(=O)N(CCCN3CCOCC3)C2c2ccccc2F)c1. The number of phenols is 1. The highest BCUT2D eigenvalue weighted by Gasteiger charge is 2.47. The van der Waals surface area contributed by atoms with Crippen molar-refractivity contribution < 1.29 is 28.9 Å². The van der Waals surface area contributed by atoms with Gasteiger partial charge in [0.2, 0.25) is 0 Å². The normalized spacial score (nSPS) is 21.0. The Labute approximate surface area is 191 Å². The van der Waals surface area contributed by atoms with Gasteiger partial charge in [0.15, 0.2) is 0 Å². The number of likely N-dealkylation sites (tertiary alicyclic amines) is 1. The van der Waals surface area contributed by atoms with Crippen LogP contribution in [0.5, 0.6) is 5.75 Å². The van der Waals surface area contributed by atoms with Crippen molar-refractivity contribution >= 4 is 17.4 Å². The lowest BCUT2D eigenvalue weighted by Crippen LogP contribution is -2.39. The number of nitrogens with zero attached hydrogens (tertiary/aromatic N) is 2. The van der Waals surface area contributed by atoms with Crippen LogP contribution in [0, 0.1) is 12.7 Å². The topological polar surface area (TPSA) is 90.3 Å². The summed E-state index contributed by atoms with van der Waals surface area (Å²) in [6.45, 7) is 5.59. The van der Waals surface area contributed by atoms with Gasteiger partial charge >= 0.3 is 0 Å². The number of ether oxygens (including phenoxy) is 1. The van der Waals surface area contributed by atoms with Gasteiger partial charge in [-0.15, -0.1) is 0 Å². The Morgan fingerprint density at radius 2 is 1.85 bits per heavy atom. The molecular weight excluding hydrogens is 427 g/mol. The number of aryl methyl sites for hydroxylation is 1. The maximum Gasteiger partial charge on any atom is 0.295 e. The standard InChI is InChI=1S/C25H27FN2O5/c1-16-7-8-20(29)18(15-16)23(30)21-22(17-5-2-3-6-19(17)26)28(25(32)24(21)31)10-4-9-27-11-13-33-14-12-27/h2-3,5-8,15,22,29-30H,4,9-14H2,1H3. The molecule has 0 spiro atoms. The number of morpholine rings is 1.